The molecule has 0 unspecified atom stereocenters. The van der Waals surface area contributed by atoms with E-state index in [1.54, 1.807) is 6.92 Å². The van der Waals surface area contributed by atoms with E-state index in [0.29, 0.717) is 5.57 Å². The van der Waals surface area contributed by atoms with Crippen LogP contribution in [0, 0.1) is 15.9 Å². The topological polar surface area (TPSA) is 52.4 Å². The average molecular weight is 225 g/mol. The molecule has 16 heavy (non-hydrogen) atoms. The molecule has 1 rings (SSSR count). The van der Waals surface area contributed by atoms with Crippen LogP contribution >= 0.6 is 0 Å². The van der Waals surface area contributed by atoms with Crippen LogP contribution < -0.4 is 4.74 Å². The average Bonchev–Trinajstić information content (AvgIpc) is 2.19. The lowest BCUT2D eigenvalue weighted by Crippen LogP contribution is -2.02. The number of benzene rings is 1. The fourth-order valence-electron chi connectivity index (χ4n) is 1.43. The molecule has 0 heterocycles. The number of allylic oxidation sites excluding steroid dienone is 1. The van der Waals surface area contributed by atoms with Gasteiger partial charge in [0, 0.05) is 6.42 Å². The Hall–Kier alpha value is -1.91. The van der Waals surface area contributed by atoms with Gasteiger partial charge >= 0.3 is 5.69 Å². The number of rotatable bonds is 4. The van der Waals surface area contributed by atoms with Crippen molar-refractivity contribution >= 4 is 5.69 Å². The van der Waals surface area contributed by atoms with Crippen molar-refractivity contribution in [3.8, 4) is 5.75 Å². The van der Waals surface area contributed by atoms with Gasteiger partial charge in [-0.1, -0.05) is 12.2 Å². The summed E-state index contributed by atoms with van der Waals surface area (Å²) < 4.78 is 18.3. The van der Waals surface area contributed by atoms with Gasteiger partial charge in [0.25, 0.3) is 0 Å². The fraction of sp³-hybridized carbons (Fsp3) is 0.273. The summed E-state index contributed by atoms with van der Waals surface area (Å²) in [5.74, 6) is -0.557. The molecule has 0 saturated heterocycles. The van der Waals surface area contributed by atoms with Crippen molar-refractivity contribution in [1.82, 2.24) is 0 Å². The van der Waals surface area contributed by atoms with Gasteiger partial charge in [-0.3, -0.25) is 10.1 Å². The molecule has 0 aromatic heterocycles. The van der Waals surface area contributed by atoms with Crippen molar-refractivity contribution in [2.24, 2.45) is 0 Å². The molecule has 0 aliphatic carbocycles. The molecule has 1 aromatic rings. The van der Waals surface area contributed by atoms with E-state index in [9.17, 15) is 14.5 Å². The number of methoxy groups -OCH3 is 1. The Morgan fingerprint density at radius 3 is 2.69 bits per heavy atom. The molecule has 0 atom stereocenters. The molecule has 0 bridgehead atoms. The first kappa shape index (κ1) is 12.2. The second-order valence-electron chi connectivity index (χ2n) is 3.47. The maximum absolute atomic E-state index is 13.5. The summed E-state index contributed by atoms with van der Waals surface area (Å²) in [5.41, 5.74) is 0.331. The zero-order valence-electron chi connectivity index (χ0n) is 9.12. The lowest BCUT2D eigenvalue weighted by Gasteiger charge is -2.07. The summed E-state index contributed by atoms with van der Waals surface area (Å²) in [6.07, 6.45) is 0.124. The quantitative estimate of drug-likeness (QED) is 0.449. The highest BCUT2D eigenvalue weighted by Gasteiger charge is 2.24. The molecule has 0 radical (unpaired) electrons. The third kappa shape index (κ3) is 2.36. The fourth-order valence-corrected chi connectivity index (χ4v) is 1.43. The first-order valence-electron chi connectivity index (χ1n) is 4.61. The van der Waals surface area contributed by atoms with Gasteiger partial charge in [-0.2, -0.15) is 0 Å². The molecule has 5 heteroatoms. The van der Waals surface area contributed by atoms with Crippen LogP contribution in [0.1, 0.15) is 12.5 Å². The number of hydrogen-bond acceptors (Lipinski definition) is 3. The van der Waals surface area contributed by atoms with E-state index in [0.717, 1.165) is 6.07 Å². The highest BCUT2D eigenvalue weighted by molar-refractivity contribution is 5.54. The Kier molecular flexibility index (Phi) is 3.60. The van der Waals surface area contributed by atoms with Crippen LogP contribution in [0.15, 0.2) is 24.3 Å². The Labute approximate surface area is 92.5 Å². The summed E-state index contributed by atoms with van der Waals surface area (Å²) in [5, 5.41) is 10.9. The van der Waals surface area contributed by atoms with Gasteiger partial charge in [-0.15, -0.1) is 0 Å². The van der Waals surface area contributed by atoms with Crippen LogP contribution in [0.2, 0.25) is 0 Å². The molecular formula is C11H12FNO3. The van der Waals surface area contributed by atoms with Crippen LogP contribution in [-0.2, 0) is 6.42 Å². The molecule has 0 fully saturated rings. The minimum atomic E-state index is -0.639. The van der Waals surface area contributed by atoms with E-state index in [1.165, 1.54) is 13.2 Å². The molecule has 1 aromatic carbocycles. The number of nitrogens with zero attached hydrogens (tertiary/aromatic N) is 1. The Balaban J connectivity index is 3.41. The van der Waals surface area contributed by atoms with Gasteiger partial charge in [0.2, 0.25) is 0 Å². The molecule has 0 amide bonds. The van der Waals surface area contributed by atoms with Gasteiger partial charge in [-0.25, -0.2) is 4.39 Å². The summed E-state index contributed by atoms with van der Waals surface area (Å²) in [6.45, 7) is 5.30. The molecule has 0 aliphatic rings. The van der Waals surface area contributed by atoms with Crippen molar-refractivity contribution in [2.75, 3.05) is 7.11 Å². The zero-order chi connectivity index (χ0) is 12.3. The number of hydrogen-bond donors (Lipinski definition) is 0. The van der Waals surface area contributed by atoms with E-state index in [-0.39, 0.29) is 23.4 Å². The Bertz CT molecular complexity index is 443. The van der Waals surface area contributed by atoms with E-state index < -0.39 is 10.7 Å². The van der Waals surface area contributed by atoms with Gasteiger partial charge in [0.1, 0.15) is 5.82 Å². The second kappa shape index (κ2) is 4.74. The van der Waals surface area contributed by atoms with Crippen molar-refractivity contribution in [3.05, 3.63) is 45.8 Å². The van der Waals surface area contributed by atoms with Gasteiger partial charge in [0.05, 0.1) is 17.6 Å². The number of nitro benzene ring substituents is 1. The van der Waals surface area contributed by atoms with Crippen molar-refractivity contribution in [2.45, 2.75) is 13.3 Å². The summed E-state index contributed by atoms with van der Waals surface area (Å²) in [6, 6.07) is 2.40. The molecule has 0 aliphatic heterocycles. The summed E-state index contributed by atoms with van der Waals surface area (Å²) in [7, 11) is 1.31. The third-order valence-corrected chi connectivity index (χ3v) is 2.07. The number of halogens is 1. The normalized spacial score (nSPS) is 9.94. The second-order valence-corrected chi connectivity index (χ2v) is 3.47. The van der Waals surface area contributed by atoms with Crippen LogP contribution in [0.3, 0.4) is 0 Å². The third-order valence-electron chi connectivity index (χ3n) is 2.07. The largest absolute Gasteiger partial charge is 0.490 e. The predicted octanol–water partition coefficient (Wildman–Crippen LogP) is 2.86. The zero-order valence-corrected chi connectivity index (χ0v) is 9.12. The highest BCUT2D eigenvalue weighted by atomic mass is 19.1. The van der Waals surface area contributed by atoms with E-state index in [2.05, 4.69) is 6.58 Å². The lowest BCUT2D eigenvalue weighted by atomic mass is 10.0. The summed E-state index contributed by atoms with van der Waals surface area (Å²) in [4.78, 5) is 10.2. The molecular weight excluding hydrogens is 213 g/mol. The smallest absolute Gasteiger partial charge is 0.317 e. The van der Waals surface area contributed by atoms with Crippen LogP contribution in [0.5, 0.6) is 5.75 Å². The SMILES string of the molecule is C=C(C)Cc1c(F)ccc(OC)c1[N+](=O)[O-]. The van der Waals surface area contributed by atoms with E-state index in [1.807, 2.05) is 0 Å². The molecule has 86 valence electrons. The summed E-state index contributed by atoms with van der Waals surface area (Å²) >= 11 is 0. The molecule has 0 N–H and O–H groups in total. The maximum Gasteiger partial charge on any atom is 0.317 e. The Morgan fingerprint density at radius 1 is 1.62 bits per heavy atom. The van der Waals surface area contributed by atoms with E-state index in [4.69, 9.17) is 4.74 Å². The van der Waals surface area contributed by atoms with Crippen LogP contribution in [0.25, 0.3) is 0 Å². The maximum atomic E-state index is 13.5. The lowest BCUT2D eigenvalue weighted by molar-refractivity contribution is -0.386. The minimum Gasteiger partial charge on any atom is -0.490 e. The Morgan fingerprint density at radius 2 is 2.25 bits per heavy atom. The van der Waals surface area contributed by atoms with Gasteiger partial charge < -0.3 is 4.74 Å². The standard InChI is InChI=1S/C11H12FNO3/c1-7(2)6-8-9(12)4-5-10(16-3)11(8)13(14)15/h4-5H,1,6H2,2-3H3. The minimum absolute atomic E-state index is 0.0110. The number of nitro groups is 1. The first-order chi connectivity index (χ1) is 7.47. The van der Waals surface area contributed by atoms with Gasteiger partial charge in [0.15, 0.2) is 5.75 Å². The monoisotopic (exact) mass is 225 g/mol. The number of ether oxygens (including phenoxy) is 1. The molecule has 0 saturated carbocycles. The first-order valence-corrected chi connectivity index (χ1v) is 4.61. The predicted molar refractivity (Wildman–Crippen MR) is 58.1 cm³/mol. The highest BCUT2D eigenvalue weighted by Crippen LogP contribution is 2.33. The molecule has 0 spiro atoms. The van der Waals surface area contributed by atoms with Crippen molar-refractivity contribution in [1.29, 1.82) is 0 Å². The van der Waals surface area contributed by atoms with Crippen molar-refractivity contribution < 1.29 is 14.1 Å². The molecule has 4 nitrogen and oxygen atoms in total. The van der Waals surface area contributed by atoms with Gasteiger partial charge in [-0.05, 0) is 19.1 Å². The van der Waals surface area contributed by atoms with E-state index >= 15 is 0 Å². The van der Waals surface area contributed by atoms with Crippen LogP contribution in [-0.4, -0.2) is 12.0 Å². The van der Waals surface area contributed by atoms with Crippen LogP contribution in [0.4, 0.5) is 10.1 Å². The van der Waals surface area contributed by atoms with Crippen molar-refractivity contribution in [3.63, 3.8) is 0 Å².